The Morgan fingerprint density at radius 2 is 1.92 bits per heavy atom. The third-order valence-corrected chi connectivity index (χ3v) is 3.96. The van der Waals surface area contributed by atoms with Crippen LogP contribution in [-0.4, -0.2) is 27.5 Å². The van der Waals surface area contributed by atoms with Gasteiger partial charge in [-0.1, -0.05) is 36.4 Å². The van der Waals surface area contributed by atoms with Crippen LogP contribution in [0.25, 0.3) is 10.8 Å². The zero-order valence-electron chi connectivity index (χ0n) is 13.7. The van der Waals surface area contributed by atoms with E-state index in [9.17, 15) is 9.90 Å². The number of benzene rings is 2. The number of amides is 1. The van der Waals surface area contributed by atoms with E-state index in [2.05, 4.69) is 15.3 Å². The van der Waals surface area contributed by atoms with Gasteiger partial charge in [0.05, 0.1) is 17.4 Å². The first-order valence-electron chi connectivity index (χ1n) is 7.80. The largest absolute Gasteiger partial charge is 0.387 e. The van der Waals surface area contributed by atoms with Gasteiger partial charge in [0.1, 0.15) is 5.82 Å². The van der Waals surface area contributed by atoms with Crippen molar-refractivity contribution in [2.24, 2.45) is 0 Å². The number of aliphatic hydroxyl groups is 1. The number of nitrogens with one attached hydrogen (secondary N) is 1. The van der Waals surface area contributed by atoms with Crippen molar-refractivity contribution >= 4 is 16.7 Å². The second-order valence-electron chi connectivity index (χ2n) is 5.75. The third-order valence-electron chi connectivity index (χ3n) is 3.96. The smallest absolute Gasteiger partial charge is 0.254 e. The van der Waals surface area contributed by atoms with Gasteiger partial charge in [-0.25, -0.2) is 9.97 Å². The molecule has 2 aromatic carbocycles. The van der Waals surface area contributed by atoms with Gasteiger partial charge >= 0.3 is 0 Å². The zero-order valence-corrected chi connectivity index (χ0v) is 13.7. The fraction of sp³-hybridized carbons (Fsp3) is 0.211. The number of aromatic nitrogens is 2. The highest BCUT2D eigenvalue weighted by Gasteiger charge is 2.14. The van der Waals surface area contributed by atoms with Gasteiger partial charge in [0.25, 0.3) is 5.91 Å². The lowest BCUT2D eigenvalue weighted by Crippen LogP contribution is -2.29. The predicted molar refractivity (Wildman–Crippen MR) is 92.7 cm³/mol. The van der Waals surface area contributed by atoms with E-state index in [-0.39, 0.29) is 12.5 Å². The topological polar surface area (TPSA) is 75.1 Å². The molecule has 1 atom stereocenters. The van der Waals surface area contributed by atoms with Crippen molar-refractivity contribution in [2.45, 2.75) is 20.0 Å². The van der Waals surface area contributed by atoms with Crippen LogP contribution in [0.3, 0.4) is 0 Å². The van der Waals surface area contributed by atoms with Crippen molar-refractivity contribution in [3.63, 3.8) is 0 Å². The Morgan fingerprint density at radius 1 is 1.17 bits per heavy atom. The molecule has 1 aromatic heterocycles. The Balaban J connectivity index is 1.69. The van der Waals surface area contributed by atoms with Gasteiger partial charge in [-0.3, -0.25) is 4.79 Å². The number of aryl methyl sites for hydroxylation is 2. The summed E-state index contributed by atoms with van der Waals surface area (Å²) in [6.07, 6.45) is 0.736. The van der Waals surface area contributed by atoms with E-state index >= 15 is 0 Å². The van der Waals surface area contributed by atoms with E-state index in [0.717, 1.165) is 16.3 Å². The lowest BCUT2D eigenvalue weighted by atomic mass is 10.0. The summed E-state index contributed by atoms with van der Waals surface area (Å²) in [6, 6.07) is 13.7. The molecule has 0 aliphatic heterocycles. The summed E-state index contributed by atoms with van der Waals surface area (Å²) in [6.45, 7) is 3.67. The van der Waals surface area contributed by atoms with E-state index in [1.165, 1.54) is 6.20 Å². The molecule has 5 nitrogen and oxygen atoms in total. The normalized spacial score (nSPS) is 12.1. The predicted octanol–water partition coefficient (Wildman–Crippen LogP) is 2.71. The van der Waals surface area contributed by atoms with Crippen molar-refractivity contribution in [1.82, 2.24) is 15.3 Å². The molecule has 1 amide bonds. The number of carbonyl (C=O) groups excluding carboxylic acids is 1. The molecule has 0 aliphatic rings. The first-order valence-corrected chi connectivity index (χ1v) is 7.80. The third kappa shape index (κ3) is 3.41. The first kappa shape index (κ1) is 16.1. The van der Waals surface area contributed by atoms with Gasteiger partial charge in [0, 0.05) is 12.7 Å². The maximum Gasteiger partial charge on any atom is 0.254 e. The second kappa shape index (κ2) is 6.76. The van der Waals surface area contributed by atoms with Crippen LogP contribution < -0.4 is 5.32 Å². The van der Waals surface area contributed by atoms with Crippen LogP contribution in [0.4, 0.5) is 0 Å². The van der Waals surface area contributed by atoms with Crippen LogP contribution in [0.2, 0.25) is 0 Å². The summed E-state index contributed by atoms with van der Waals surface area (Å²) in [5, 5.41) is 15.3. The standard InChI is InChI=1S/C19H19N3O2/c1-12-17(10-20-13(2)22-12)19(24)21-11-18(23)16-8-7-14-5-3-4-6-15(14)9-16/h3-10,18,23H,11H2,1-2H3,(H,21,24). The van der Waals surface area contributed by atoms with E-state index in [1.807, 2.05) is 42.5 Å². The van der Waals surface area contributed by atoms with Gasteiger partial charge in [0.2, 0.25) is 0 Å². The number of aliphatic hydroxyl groups excluding tert-OH is 1. The Hall–Kier alpha value is -2.79. The van der Waals surface area contributed by atoms with Crippen LogP contribution >= 0.6 is 0 Å². The Bertz CT molecular complexity index is 893. The average molecular weight is 321 g/mol. The summed E-state index contributed by atoms with van der Waals surface area (Å²) >= 11 is 0. The van der Waals surface area contributed by atoms with Crippen molar-refractivity contribution in [3.05, 3.63) is 71.3 Å². The quantitative estimate of drug-likeness (QED) is 0.775. The fourth-order valence-electron chi connectivity index (χ4n) is 2.62. The number of nitrogens with zero attached hydrogens (tertiary/aromatic N) is 2. The Labute approximate surface area is 140 Å². The molecule has 0 bridgehead atoms. The lowest BCUT2D eigenvalue weighted by molar-refractivity contribution is 0.0915. The minimum Gasteiger partial charge on any atom is -0.387 e. The highest BCUT2D eigenvalue weighted by Crippen LogP contribution is 2.20. The van der Waals surface area contributed by atoms with Crippen LogP contribution in [0, 0.1) is 13.8 Å². The molecule has 3 aromatic rings. The average Bonchev–Trinajstić information content (AvgIpc) is 2.59. The molecular weight excluding hydrogens is 302 g/mol. The molecule has 3 rings (SSSR count). The SMILES string of the molecule is Cc1ncc(C(=O)NCC(O)c2ccc3ccccc3c2)c(C)n1. The van der Waals surface area contributed by atoms with Crippen LogP contribution in [0.5, 0.6) is 0 Å². The lowest BCUT2D eigenvalue weighted by Gasteiger charge is -2.13. The van der Waals surface area contributed by atoms with Crippen molar-refractivity contribution in [1.29, 1.82) is 0 Å². The zero-order chi connectivity index (χ0) is 17.1. The molecule has 2 N–H and O–H groups in total. The summed E-state index contributed by atoms with van der Waals surface area (Å²) in [4.78, 5) is 20.4. The van der Waals surface area contributed by atoms with Crippen LogP contribution in [-0.2, 0) is 0 Å². The van der Waals surface area contributed by atoms with Gasteiger partial charge < -0.3 is 10.4 Å². The summed E-state index contributed by atoms with van der Waals surface area (Å²) < 4.78 is 0. The van der Waals surface area contributed by atoms with E-state index in [4.69, 9.17) is 0 Å². The fourth-order valence-corrected chi connectivity index (χ4v) is 2.62. The minimum absolute atomic E-state index is 0.129. The molecule has 0 saturated heterocycles. The second-order valence-corrected chi connectivity index (χ2v) is 5.75. The molecule has 122 valence electrons. The number of hydrogen-bond donors (Lipinski definition) is 2. The molecule has 0 fully saturated rings. The van der Waals surface area contributed by atoms with Gasteiger partial charge in [-0.15, -0.1) is 0 Å². The van der Waals surface area contributed by atoms with Crippen molar-refractivity contribution in [3.8, 4) is 0 Å². The maximum absolute atomic E-state index is 12.2. The van der Waals surface area contributed by atoms with E-state index in [1.54, 1.807) is 13.8 Å². The van der Waals surface area contributed by atoms with E-state index in [0.29, 0.717) is 17.1 Å². The Kier molecular flexibility index (Phi) is 4.53. The molecule has 0 spiro atoms. The molecule has 0 saturated carbocycles. The molecule has 24 heavy (non-hydrogen) atoms. The Morgan fingerprint density at radius 3 is 2.67 bits per heavy atom. The molecule has 0 radical (unpaired) electrons. The van der Waals surface area contributed by atoms with Gasteiger partial charge in [-0.2, -0.15) is 0 Å². The van der Waals surface area contributed by atoms with Crippen molar-refractivity contribution < 1.29 is 9.90 Å². The van der Waals surface area contributed by atoms with Crippen molar-refractivity contribution in [2.75, 3.05) is 6.54 Å². The molecule has 0 aliphatic carbocycles. The number of rotatable bonds is 4. The summed E-state index contributed by atoms with van der Waals surface area (Å²) in [5.41, 5.74) is 1.82. The highest BCUT2D eigenvalue weighted by atomic mass is 16.3. The summed E-state index contributed by atoms with van der Waals surface area (Å²) in [5.74, 6) is 0.340. The van der Waals surface area contributed by atoms with Gasteiger partial charge in [-0.05, 0) is 36.2 Å². The maximum atomic E-state index is 12.2. The monoisotopic (exact) mass is 321 g/mol. The molecule has 1 heterocycles. The molecule has 5 heteroatoms. The van der Waals surface area contributed by atoms with E-state index < -0.39 is 6.10 Å². The minimum atomic E-state index is -0.773. The number of hydrogen-bond acceptors (Lipinski definition) is 4. The summed E-state index contributed by atoms with van der Waals surface area (Å²) in [7, 11) is 0. The number of fused-ring (bicyclic) bond motifs is 1. The van der Waals surface area contributed by atoms with Gasteiger partial charge in [0.15, 0.2) is 0 Å². The number of carbonyl (C=O) groups is 1. The first-order chi connectivity index (χ1) is 11.5. The van der Waals surface area contributed by atoms with Crippen LogP contribution in [0.1, 0.15) is 33.5 Å². The molecular formula is C19H19N3O2. The van der Waals surface area contributed by atoms with Crippen LogP contribution in [0.15, 0.2) is 48.7 Å². The highest BCUT2D eigenvalue weighted by molar-refractivity contribution is 5.94. The molecule has 1 unspecified atom stereocenters.